The number of hydrogen-bond donors (Lipinski definition) is 1. The van der Waals surface area contributed by atoms with Crippen molar-refractivity contribution in [3.63, 3.8) is 0 Å². The molecule has 4 atom stereocenters. The van der Waals surface area contributed by atoms with E-state index in [1.807, 2.05) is 0 Å². The zero-order chi connectivity index (χ0) is 31.5. The van der Waals surface area contributed by atoms with Crippen LogP contribution in [0.15, 0.2) is 95.8 Å². The second-order valence-electron chi connectivity index (χ2n) is 14.2. The number of nitriles is 1. The molecule has 1 aliphatic heterocycles. The lowest BCUT2D eigenvalue weighted by Gasteiger charge is -2.35. The highest BCUT2D eigenvalue weighted by atomic mass is 15.1. The van der Waals surface area contributed by atoms with Gasteiger partial charge in [0.05, 0.1) is 18.2 Å². The Kier molecular flexibility index (Phi) is 6.96. The van der Waals surface area contributed by atoms with Crippen LogP contribution >= 0.6 is 0 Å². The Bertz CT molecular complexity index is 2090. The Morgan fingerprint density at radius 3 is 2.62 bits per heavy atom. The highest BCUT2D eigenvalue weighted by Crippen LogP contribution is 2.43. The Balaban J connectivity index is 1.17. The van der Waals surface area contributed by atoms with Gasteiger partial charge in [-0.05, 0) is 111 Å². The first-order valence-electron chi connectivity index (χ1n) is 17.7. The first kappa shape index (κ1) is 28.5. The SMILES string of the molecule is CC1CC(C2=CC=CC(C3=CC(n4c5c(c6c4CCC=C6)CCC=C5)=CC(n4c5c(c6ccccc64)C=CCC5)C3)N2)CC=C1C#N. The molecule has 0 radical (unpaired) electrons. The highest BCUT2D eigenvalue weighted by molar-refractivity contribution is 5.92. The monoisotopic (exact) mass is 614 g/mol. The summed E-state index contributed by atoms with van der Waals surface area (Å²) < 4.78 is 5.30. The molecule has 234 valence electrons. The van der Waals surface area contributed by atoms with Crippen LogP contribution in [0.3, 0.4) is 0 Å². The lowest BCUT2D eigenvalue weighted by atomic mass is 9.80. The summed E-state index contributed by atoms with van der Waals surface area (Å²) in [5.41, 5.74) is 15.0. The molecule has 5 aliphatic carbocycles. The zero-order valence-electron chi connectivity index (χ0n) is 27.3. The second-order valence-corrected chi connectivity index (χ2v) is 14.2. The van der Waals surface area contributed by atoms with Gasteiger partial charge in [0.25, 0.3) is 0 Å². The number of fused-ring (bicyclic) bond motifs is 6. The fourth-order valence-corrected chi connectivity index (χ4v) is 9.18. The molecule has 3 aromatic rings. The molecule has 6 aliphatic rings. The first-order chi connectivity index (χ1) is 23.2. The summed E-state index contributed by atoms with van der Waals surface area (Å²) in [5, 5.41) is 15.0. The molecule has 0 saturated heterocycles. The maximum Gasteiger partial charge on any atom is 0.0946 e. The van der Waals surface area contributed by atoms with Crippen LogP contribution in [-0.2, 0) is 19.3 Å². The van der Waals surface area contributed by atoms with Crippen molar-refractivity contribution in [1.82, 2.24) is 14.5 Å². The van der Waals surface area contributed by atoms with Crippen LogP contribution in [0.1, 0.15) is 85.3 Å². The van der Waals surface area contributed by atoms with E-state index in [0.29, 0.717) is 11.8 Å². The summed E-state index contributed by atoms with van der Waals surface area (Å²) in [6.45, 7) is 2.20. The number of rotatable bonds is 4. The van der Waals surface area contributed by atoms with Crippen LogP contribution in [0.5, 0.6) is 0 Å². The molecule has 1 aromatic carbocycles. The van der Waals surface area contributed by atoms with Crippen LogP contribution in [0, 0.1) is 23.2 Å². The molecule has 4 heteroatoms. The number of nitrogens with zero attached hydrogens (tertiary/aromatic N) is 3. The lowest BCUT2D eigenvalue weighted by Crippen LogP contribution is -2.36. The van der Waals surface area contributed by atoms with Crippen LogP contribution in [0.25, 0.3) is 34.8 Å². The number of aromatic nitrogens is 2. The molecule has 0 spiro atoms. The number of allylic oxidation sites excluding steroid dienone is 11. The Hall–Kier alpha value is -4.75. The van der Waals surface area contributed by atoms with Crippen LogP contribution in [0.4, 0.5) is 0 Å². The van der Waals surface area contributed by atoms with E-state index in [9.17, 15) is 5.26 Å². The van der Waals surface area contributed by atoms with Gasteiger partial charge in [0, 0.05) is 56.4 Å². The molecule has 4 nitrogen and oxygen atoms in total. The average molecular weight is 615 g/mol. The van der Waals surface area contributed by atoms with Gasteiger partial charge in [0.1, 0.15) is 0 Å². The number of nitrogens with one attached hydrogen (secondary N) is 1. The van der Waals surface area contributed by atoms with Gasteiger partial charge in [-0.15, -0.1) is 0 Å². The first-order valence-corrected chi connectivity index (χ1v) is 17.7. The predicted octanol–water partition coefficient (Wildman–Crippen LogP) is 9.64. The van der Waals surface area contributed by atoms with Gasteiger partial charge >= 0.3 is 0 Å². The van der Waals surface area contributed by atoms with Gasteiger partial charge in [-0.1, -0.05) is 73.7 Å². The van der Waals surface area contributed by atoms with Crippen molar-refractivity contribution < 1.29 is 0 Å². The van der Waals surface area contributed by atoms with Gasteiger partial charge in [-0.25, -0.2) is 0 Å². The smallest absolute Gasteiger partial charge is 0.0946 e. The molecule has 0 fully saturated rings. The molecule has 0 saturated carbocycles. The van der Waals surface area contributed by atoms with E-state index >= 15 is 0 Å². The Labute approximate surface area is 278 Å². The van der Waals surface area contributed by atoms with Crippen molar-refractivity contribution >= 4 is 34.8 Å². The summed E-state index contributed by atoms with van der Waals surface area (Å²) in [7, 11) is 0. The lowest BCUT2D eigenvalue weighted by molar-refractivity contribution is 0.427. The quantitative estimate of drug-likeness (QED) is 0.318. The number of para-hydroxylation sites is 1. The van der Waals surface area contributed by atoms with Gasteiger partial charge in [-0.3, -0.25) is 0 Å². The van der Waals surface area contributed by atoms with Crippen molar-refractivity contribution in [2.24, 2.45) is 11.8 Å². The number of hydrogen-bond acceptors (Lipinski definition) is 2. The molecular weight excluding hydrogens is 573 g/mol. The highest BCUT2D eigenvalue weighted by Gasteiger charge is 2.32. The van der Waals surface area contributed by atoms with Gasteiger partial charge in [0.15, 0.2) is 0 Å². The molecule has 47 heavy (non-hydrogen) atoms. The zero-order valence-corrected chi connectivity index (χ0v) is 27.3. The van der Waals surface area contributed by atoms with Gasteiger partial charge in [-0.2, -0.15) is 5.26 Å². The van der Waals surface area contributed by atoms with E-state index in [1.54, 1.807) is 0 Å². The minimum Gasteiger partial charge on any atom is -0.378 e. The summed E-state index contributed by atoms with van der Waals surface area (Å²) >= 11 is 0. The van der Waals surface area contributed by atoms with Crippen molar-refractivity contribution in [3.8, 4) is 6.07 Å². The van der Waals surface area contributed by atoms with E-state index in [4.69, 9.17) is 0 Å². The predicted molar refractivity (Wildman–Crippen MR) is 194 cm³/mol. The van der Waals surface area contributed by atoms with E-state index < -0.39 is 0 Å². The molecule has 0 amide bonds. The van der Waals surface area contributed by atoms with E-state index in [0.717, 1.165) is 63.4 Å². The van der Waals surface area contributed by atoms with Crippen molar-refractivity contribution in [2.75, 3.05) is 0 Å². The van der Waals surface area contributed by atoms with Crippen molar-refractivity contribution in [2.45, 2.75) is 76.8 Å². The Morgan fingerprint density at radius 2 is 1.74 bits per heavy atom. The van der Waals surface area contributed by atoms with E-state index in [2.05, 4.69) is 125 Å². The maximum atomic E-state index is 9.58. The van der Waals surface area contributed by atoms with Gasteiger partial charge in [0.2, 0.25) is 0 Å². The van der Waals surface area contributed by atoms with Gasteiger partial charge < -0.3 is 14.5 Å². The van der Waals surface area contributed by atoms with Crippen LogP contribution in [0.2, 0.25) is 0 Å². The maximum absolute atomic E-state index is 9.58. The largest absolute Gasteiger partial charge is 0.378 e. The third-order valence-corrected chi connectivity index (χ3v) is 11.4. The van der Waals surface area contributed by atoms with Crippen molar-refractivity contribution in [3.05, 3.63) is 130 Å². The summed E-state index contributed by atoms with van der Waals surface area (Å²) in [6.07, 6.45) is 37.8. The summed E-state index contributed by atoms with van der Waals surface area (Å²) in [4.78, 5) is 0. The normalized spacial score (nSPS) is 26.0. The molecule has 4 unspecified atom stereocenters. The Morgan fingerprint density at radius 1 is 0.936 bits per heavy atom. The average Bonchev–Trinajstić information content (AvgIpc) is 3.65. The molecule has 9 rings (SSSR count). The molecule has 3 heterocycles. The summed E-state index contributed by atoms with van der Waals surface area (Å²) in [5.74, 6) is 0.714. The minimum absolute atomic E-state index is 0.132. The minimum atomic E-state index is 0.132. The molecule has 0 bridgehead atoms. The number of dihydropyridines is 1. The van der Waals surface area contributed by atoms with Crippen LogP contribution in [-0.4, -0.2) is 15.2 Å². The molecule has 1 N–H and O–H groups in total. The van der Waals surface area contributed by atoms with Crippen LogP contribution < -0.4 is 5.32 Å². The third kappa shape index (κ3) is 4.70. The fraction of sp³-hybridized carbons (Fsp3) is 0.326. The molecular formula is C43H42N4. The standard InChI is InChI=1S/C43H42N4/c1-28-23-29(21-22-30(28)27-44)38-15-10-16-39(45-38)31-24-32(46-40-17-6-2-11-34(40)35-12-3-7-18-41(35)46)26-33(25-31)47-42-19-8-4-13-36(42)37-14-5-9-20-43(37)47/h2-4,6,9-13,15-17,20,22,25-26,28-29,32,39,45H,5,7-8,14,18-19,21,23-24H2,1H3. The van der Waals surface area contributed by atoms with E-state index in [1.165, 1.54) is 61.6 Å². The third-order valence-electron chi connectivity index (χ3n) is 11.4. The van der Waals surface area contributed by atoms with E-state index in [-0.39, 0.29) is 12.1 Å². The van der Waals surface area contributed by atoms with Crippen molar-refractivity contribution in [1.29, 1.82) is 5.26 Å². The fourth-order valence-electron chi connectivity index (χ4n) is 9.18. The number of benzene rings is 1. The summed E-state index contributed by atoms with van der Waals surface area (Å²) in [6, 6.07) is 11.8. The topological polar surface area (TPSA) is 45.7 Å². The molecule has 2 aromatic heterocycles. The second kappa shape index (κ2) is 11.5.